The molecule has 4 heterocycles. The molecule has 1 saturated heterocycles. The molecule has 6 heteroatoms. The van der Waals surface area contributed by atoms with Crippen LogP contribution in [0.15, 0.2) is 91.1 Å². The number of para-hydroxylation sites is 1. The summed E-state index contributed by atoms with van der Waals surface area (Å²) in [6.07, 6.45) is 1.89. The molecule has 4 aromatic carbocycles. The molecule has 2 atom stereocenters. The number of hydrogen-bond donors (Lipinski definition) is 0. The van der Waals surface area contributed by atoms with Gasteiger partial charge in [-0.05, 0) is 65.6 Å². The molecule has 0 saturated carbocycles. The fourth-order valence-corrected chi connectivity index (χ4v) is 6.89. The molecular weight excluding hydrogens is 772 g/mol. The van der Waals surface area contributed by atoms with Crippen molar-refractivity contribution in [3.05, 3.63) is 132 Å². The normalized spacial score (nSPS) is 19.6. The Labute approximate surface area is 301 Å². The second-order valence-electron chi connectivity index (χ2n) is 15.5. The zero-order valence-corrected chi connectivity index (χ0v) is 31.7. The Morgan fingerprint density at radius 1 is 0.750 bits per heavy atom. The average molecular weight is 817 g/mol. The van der Waals surface area contributed by atoms with Crippen molar-refractivity contribution in [1.29, 1.82) is 0 Å². The van der Waals surface area contributed by atoms with Gasteiger partial charge in [0.2, 0.25) is 0 Å². The smallest absolute Gasteiger partial charge is 0.179 e. The minimum atomic E-state index is -0.0749. The third-order valence-corrected chi connectivity index (χ3v) is 9.73. The molecule has 0 spiro atoms. The van der Waals surface area contributed by atoms with Crippen LogP contribution in [0, 0.1) is 32.6 Å². The van der Waals surface area contributed by atoms with Crippen LogP contribution >= 0.6 is 0 Å². The van der Waals surface area contributed by atoms with E-state index >= 15 is 0 Å². The molecule has 8 rings (SSSR count). The Balaban J connectivity index is 0.00000401. The molecule has 5 aromatic rings. The van der Waals surface area contributed by atoms with Gasteiger partial charge in [0.1, 0.15) is 5.82 Å². The third-order valence-electron chi connectivity index (χ3n) is 9.73. The number of aryl methyl sites for hydroxylation is 2. The predicted molar refractivity (Wildman–Crippen MR) is 195 cm³/mol. The number of pyridine rings is 1. The molecule has 2 bridgehead atoms. The topological polar surface area (TPSA) is 25.4 Å². The Bertz CT molecular complexity index is 1980. The van der Waals surface area contributed by atoms with Crippen LogP contribution in [0.2, 0.25) is 0 Å². The van der Waals surface area contributed by atoms with E-state index in [9.17, 15) is 0 Å². The molecule has 250 valence electrons. The van der Waals surface area contributed by atoms with Crippen molar-refractivity contribution in [1.82, 2.24) is 14.0 Å². The van der Waals surface area contributed by atoms with Gasteiger partial charge in [0.15, 0.2) is 18.0 Å². The number of benzene rings is 4. The molecule has 3 aliphatic rings. The molecule has 0 radical (unpaired) electrons. The Kier molecular flexibility index (Phi) is 8.52. The van der Waals surface area contributed by atoms with E-state index in [0.29, 0.717) is 16.0 Å². The van der Waals surface area contributed by atoms with Gasteiger partial charge in [-0.2, -0.15) is 6.07 Å². The van der Waals surface area contributed by atoms with Gasteiger partial charge in [-0.1, -0.05) is 71.5 Å². The van der Waals surface area contributed by atoms with Gasteiger partial charge in [0.25, 0.3) is 0 Å². The first kappa shape index (κ1) is 34.1. The summed E-state index contributed by atoms with van der Waals surface area (Å²) in [7, 11) is 2.30. The van der Waals surface area contributed by atoms with Gasteiger partial charge in [-0.25, -0.2) is 4.98 Å². The van der Waals surface area contributed by atoms with Crippen LogP contribution in [0.5, 0.6) is 11.5 Å². The van der Waals surface area contributed by atoms with Gasteiger partial charge >= 0.3 is 0 Å². The van der Waals surface area contributed by atoms with Crippen LogP contribution in [0.1, 0.15) is 63.8 Å². The van der Waals surface area contributed by atoms with Gasteiger partial charge < -0.3 is 18.6 Å². The SMILES string of the molecule is Cc1cc2c(cc1C)[N@@+]1(C)[CH-][N@+]2(c2[c-]c(Oc3[c-]c(N(c4ccccc4)c4cc(C(C)(C)C)ccn4)ccc3)cc(C(C)(C)C)c2)C1.[Pt]. The number of anilines is 3. The van der Waals surface area contributed by atoms with Crippen molar-refractivity contribution in [3.63, 3.8) is 0 Å². The predicted octanol–water partition coefficient (Wildman–Crippen LogP) is 10.8. The molecule has 0 aliphatic carbocycles. The molecule has 3 aliphatic heterocycles. The monoisotopic (exact) mass is 816 g/mol. The fourth-order valence-electron chi connectivity index (χ4n) is 6.89. The second-order valence-corrected chi connectivity index (χ2v) is 15.5. The van der Waals surface area contributed by atoms with Crippen molar-refractivity contribution in [2.45, 2.75) is 66.2 Å². The summed E-state index contributed by atoms with van der Waals surface area (Å²) in [6.45, 7) is 21.2. The number of aromatic nitrogens is 1. The largest absolute Gasteiger partial charge is 0.509 e. The van der Waals surface area contributed by atoms with Crippen molar-refractivity contribution in [2.75, 3.05) is 18.6 Å². The first-order valence-corrected chi connectivity index (χ1v) is 16.5. The maximum absolute atomic E-state index is 6.69. The number of rotatable bonds is 6. The standard InChI is InChI=1S/C42H45N4O.Pt/c1-29-20-38-39(21-30(29)2)46(27-45(38,9)28-46)35-22-32(42(6,7)8)23-37(26-35)47-36-17-13-16-34(25-36)44(33-14-11-10-12-15-33)40-24-31(18-19-43-40)41(3,4)5;/h10-24,27H,28H2,1-9H3;/q-1;/t45-,46+;/m0./s1. The van der Waals surface area contributed by atoms with Crippen LogP contribution in [0.25, 0.3) is 0 Å². The van der Waals surface area contributed by atoms with Crippen molar-refractivity contribution in [2.24, 2.45) is 0 Å². The molecule has 5 nitrogen and oxygen atoms in total. The van der Waals surface area contributed by atoms with E-state index in [2.05, 4.69) is 141 Å². The average Bonchev–Trinajstić information content (AvgIpc) is 3.38. The van der Waals surface area contributed by atoms with E-state index in [1.54, 1.807) is 0 Å². The number of hydrogen-bond acceptors (Lipinski definition) is 3. The van der Waals surface area contributed by atoms with Crippen molar-refractivity contribution < 1.29 is 25.8 Å². The van der Waals surface area contributed by atoms with E-state index < -0.39 is 0 Å². The Morgan fingerprint density at radius 2 is 1.42 bits per heavy atom. The van der Waals surface area contributed by atoms with E-state index in [1.807, 2.05) is 36.5 Å². The first-order chi connectivity index (χ1) is 22.2. The summed E-state index contributed by atoms with van der Waals surface area (Å²) < 4.78 is 8.19. The zero-order chi connectivity index (χ0) is 33.4. The quantitative estimate of drug-likeness (QED) is 0.126. The molecular formula is C42H45N4OPt-. The van der Waals surface area contributed by atoms with E-state index in [1.165, 1.54) is 33.6 Å². The Hall–Kier alpha value is -3.76. The molecule has 1 aromatic heterocycles. The van der Waals surface area contributed by atoms with E-state index in [4.69, 9.17) is 9.72 Å². The van der Waals surface area contributed by atoms with E-state index in [0.717, 1.165) is 34.0 Å². The molecule has 0 unspecified atom stereocenters. The summed E-state index contributed by atoms with van der Waals surface area (Å²) in [5, 5.41) is 0. The minimum absolute atomic E-state index is 0. The van der Waals surface area contributed by atoms with Gasteiger partial charge in [0.05, 0.1) is 13.7 Å². The van der Waals surface area contributed by atoms with Gasteiger partial charge in [-0.3, -0.25) is 0 Å². The summed E-state index contributed by atoms with van der Waals surface area (Å²) in [5.74, 6) is 2.16. The zero-order valence-electron chi connectivity index (χ0n) is 29.5. The molecule has 1 fully saturated rings. The van der Waals surface area contributed by atoms with E-state index in [-0.39, 0.29) is 31.9 Å². The van der Waals surface area contributed by atoms with Crippen LogP contribution in [0.4, 0.5) is 34.3 Å². The third kappa shape index (κ3) is 5.91. The van der Waals surface area contributed by atoms with Crippen molar-refractivity contribution in [3.8, 4) is 11.5 Å². The molecule has 0 N–H and O–H groups in total. The number of ether oxygens (including phenoxy) is 1. The fraction of sp³-hybridized carbons (Fsp3) is 0.286. The minimum Gasteiger partial charge on any atom is -0.509 e. The summed E-state index contributed by atoms with van der Waals surface area (Å²) >= 11 is 0. The summed E-state index contributed by atoms with van der Waals surface area (Å²) in [4.78, 5) is 6.95. The van der Waals surface area contributed by atoms with Gasteiger partial charge in [-0.15, -0.1) is 35.9 Å². The summed E-state index contributed by atoms with van der Waals surface area (Å²) in [5.41, 5.74) is 10.7. The second kappa shape index (κ2) is 12.0. The first-order valence-electron chi connectivity index (χ1n) is 16.5. The van der Waals surface area contributed by atoms with Gasteiger partial charge in [0, 0.05) is 62.3 Å². The van der Waals surface area contributed by atoms with Crippen LogP contribution in [-0.2, 0) is 31.9 Å². The van der Waals surface area contributed by atoms with Crippen LogP contribution in [0.3, 0.4) is 0 Å². The molecule has 48 heavy (non-hydrogen) atoms. The summed E-state index contributed by atoms with van der Waals surface area (Å²) in [6, 6.07) is 37.1. The van der Waals surface area contributed by atoms with Crippen LogP contribution in [-0.4, -0.2) is 18.7 Å². The maximum atomic E-state index is 6.69. The van der Waals surface area contributed by atoms with Crippen LogP contribution < -0.4 is 18.6 Å². The molecule has 0 amide bonds. The number of quaternary nitrogens is 2. The van der Waals surface area contributed by atoms with Crippen molar-refractivity contribution >= 4 is 34.3 Å². The Morgan fingerprint density at radius 3 is 2.08 bits per heavy atom. The maximum Gasteiger partial charge on any atom is 0.179 e. The number of nitrogens with zero attached hydrogens (tertiary/aromatic N) is 4.